The summed E-state index contributed by atoms with van der Waals surface area (Å²) in [4.78, 5) is 0. The largest absolute Gasteiger partial charge is 0.455 e. The zero-order valence-electron chi connectivity index (χ0n) is 10.7. The maximum absolute atomic E-state index is 7.67. The Morgan fingerprint density at radius 1 is 1.20 bits per heavy atom. The van der Waals surface area contributed by atoms with Gasteiger partial charge in [0, 0.05) is 5.02 Å². The maximum atomic E-state index is 7.67. The van der Waals surface area contributed by atoms with E-state index in [1.165, 1.54) is 11.8 Å². The van der Waals surface area contributed by atoms with Crippen LogP contribution >= 0.6 is 47.3 Å². The molecule has 2 aromatic carbocycles. The lowest BCUT2D eigenvalue weighted by atomic mass is 10.3. The fourth-order valence-corrected chi connectivity index (χ4v) is 1.86. The quantitative estimate of drug-likeness (QED) is 0.394. The van der Waals surface area contributed by atoms with Gasteiger partial charge in [-0.25, -0.2) is 0 Å². The molecule has 2 aromatic rings. The lowest BCUT2D eigenvalue weighted by Gasteiger charge is -2.13. The number of hydrogen-bond donors (Lipinski definition) is 2. The highest BCUT2D eigenvalue weighted by Gasteiger charge is 2.07. The summed E-state index contributed by atoms with van der Waals surface area (Å²) in [7, 11) is 0. The van der Waals surface area contributed by atoms with E-state index >= 15 is 0 Å². The number of benzene rings is 2. The van der Waals surface area contributed by atoms with E-state index in [1.54, 1.807) is 18.2 Å². The van der Waals surface area contributed by atoms with Crippen LogP contribution in [0.3, 0.4) is 0 Å². The predicted octanol–water partition coefficient (Wildman–Crippen LogP) is 5.46. The van der Waals surface area contributed by atoms with Gasteiger partial charge in [-0.2, -0.15) is 0 Å². The van der Waals surface area contributed by atoms with Crippen LogP contribution in [0, 0.1) is 5.41 Å². The first-order valence-corrected chi connectivity index (χ1v) is 7.21. The van der Waals surface area contributed by atoms with E-state index < -0.39 is 0 Å². The van der Waals surface area contributed by atoms with E-state index in [-0.39, 0.29) is 24.0 Å². The Morgan fingerprint density at radius 2 is 1.90 bits per heavy atom. The van der Waals surface area contributed by atoms with Crippen LogP contribution in [-0.4, -0.2) is 11.4 Å². The van der Waals surface area contributed by atoms with E-state index in [4.69, 9.17) is 21.7 Å². The molecule has 0 radical (unpaired) electrons. The molecule has 0 bridgehead atoms. The zero-order valence-corrected chi connectivity index (χ0v) is 14.6. The van der Waals surface area contributed by atoms with Crippen molar-refractivity contribution in [3.63, 3.8) is 0 Å². The van der Waals surface area contributed by atoms with Gasteiger partial charge >= 0.3 is 0 Å². The van der Waals surface area contributed by atoms with Gasteiger partial charge in [-0.05, 0) is 36.6 Å². The molecule has 0 amide bonds. The van der Waals surface area contributed by atoms with E-state index in [0.29, 0.717) is 21.6 Å². The molecule has 0 atom stereocenters. The third kappa shape index (κ3) is 4.88. The lowest BCUT2D eigenvalue weighted by Crippen LogP contribution is -2.06. The van der Waals surface area contributed by atoms with Crippen molar-refractivity contribution < 1.29 is 4.74 Å². The number of anilines is 1. The second kappa shape index (κ2) is 8.39. The average Bonchev–Trinajstić information content (AvgIpc) is 2.43. The van der Waals surface area contributed by atoms with E-state index in [9.17, 15) is 0 Å². The Hall–Kier alpha value is -0.920. The Kier molecular flexibility index (Phi) is 7.18. The standard InChI is InChI=1S/C14H13ClN2OS.HI/c1-19-14(16)17-12-9-10(15)7-8-13(12)18-11-5-3-2-4-6-11;/h2-9H,1H3,(H2,16,17);1H. The monoisotopic (exact) mass is 420 g/mol. The molecule has 0 unspecified atom stereocenters. The second-order valence-corrected chi connectivity index (χ2v) is 4.97. The highest BCUT2D eigenvalue weighted by Crippen LogP contribution is 2.32. The van der Waals surface area contributed by atoms with Gasteiger partial charge in [-0.1, -0.05) is 41.6 Å². The summed E-state index contributed by atoms with van der Waals surface area (Å²) >= 11 is 7.29. The fraction of sp³-hybridized carbons (Fsp3) is 0.0714. The Bertz CT molecular complexity index is 581. The summed E-state index contributed by atoms with van der Waals surface area (Å²) in [6, 6.07) is 14.8. The van der Waals surface area contributed by atoms with Crippen molar-refractivity contribution in [2.45, 2.75) is 0 Å². The number of ether oxygens (including phenoxy) is 1. The van der Waals surface area contributed by atoms with Crippen LogP contribution in [0.25, 0.3) is 0 Å². The minimum atomic E-state index is 0. The van der Waals surface area contributed by atoms with Crippen LogP contribution in [0.4, 0.5) is 5.69 Å². The molecular weight excluding hydrogens is 407 g/mol. The summed E-state index contributed by atoms with van der Waals surface area (Å²) in [5, 5.41) is 11.6. The first-order valence-electron chi connectivity index (χ1n) is 5.61. The molecular formula is C14H14ClIN2OS. The molecule has 0 heterocycles. The molecule has 2 rings (SSSR count). The molecule has 2 N–H and O–H groups in total. The van der Waals surface area contributed by atoms with Gasteiger partial charge in [-0.3, -0.25) is 5.41 Å². The van der Waals surface area contributed by atoms with Crippen molar-refractivity contribution in [1.82, 2.24) is 0 Å². The minimum Gasteiger partial charge on any atom is -0.455 e. The van der Waals surface area contributed by atoms with Crippen molar-refractivity contribution in [2.24, 2.45) is 0 Å². The van der Waals surface area contributed by atoms with Crippen molar-refractivity contribution in [2.75, 3.05) is 11.6 Å². The van der Waals surface area contributed by atoms with E-state index in [1.807, 2.05) is 36.6 Å². The van der Waals surface area contributed by atoms with Gasteiger partial charge < -0.3 is 10.1 Å². The third-order valence-electron chi connectivity index (χ3n) is 2.36. The highest BCUT2D eigenvalue weighted by atomic mass is 127. The van der Waals surface area contributed by atoms with Crippen LogP contribution in [-0.2, 0) is 0 Å². The molecule has 0 saturated heterocycles. The first kappa shape index (κ1) is 17.1. The summed E-state index contributed by atoms with van der Waals surface area (Å²) < 4.78 is 5.78. The normalized spacial score (nSPS) is 9.50. The van der Waals surface area contributed by atoms with Crippen LogP contribution in [0.5, 0.6) is 11.5 Å². The first-order chi connectivity index (χ1) is 9.19. The predicted molar refractivity (Wildman–Crippen MR) is 98.2 cm³/mol. The van der Waals surface area contributed by atoms with Crippen LogP contribution in [0.2, 0.25) is 5.02 Å². The fourth-order valence-electron chi connectivity index (χ4n) is 1.48. The summed E-state index contributed by atoms with van der Waals surface area (Å²) in [6.07, 6.45) is 1.83. The van der Waals surface area contributed by atoms with Gasteiger partial charge in [-0.15, -0.1) is 24.0 Å². The SMILES string of the molecule is CSC(=N)Nc1cc(Cl)ccc1Oc1ccccc1.I. The molecule has 0 aliphatic heterocycles. The van der Waals surface area contributed by atoms with E-state index in [0.717, 1.165) is 5.75 Å². The van der Waals surface area contributed by atoms with E-state index in [2.05, 4.69) is 5.32 Å². The highest BCUT2D eigenvalue weighted by molar-refractivity contribution is 14.0. The number of rotatable bonds is 3. The average molecular weight is 421 g/mol. The van der Waals surface area contributed by atoms with Crippen LogP contribution in [0.15, 0.2) is 48.5 Å². The lowest BCUT2D eigenvalue weighted by molar-refractivity contribution is 0.485. The number of hydrogen-bond acceptors (Lipinski definition) is 3. The van der Waals surface area contributed by atoms with Crippen molar-refractivity contribution in [3.8, 4) is 11.5 Å². The topological polar surface area (TPSA) is 45.1 Å². The van der Waals surface area contributed by atoms with Gasteiger partial charge in [0.15, 0.2) is 10.9 Å². The van der Waals surface area contributed by atoms with Crippen molar-refractivity contribution in [1.29, 1.82) is 5.41 Å². The van der Waals surface area contributed by atoms with Crippen molar-refractivity contribution in [3.05, 3.63) is 53.6 Å². The number of nitrogens with one attached hydrogen (secondary N) is 2. The Morgan fingerprint density at radius 3 is 2.55 bits per heavy atom. The Labute approximate surface area is 144 Å². The molecule has 20 heavy (non-hydrogen) atoms. The number of amidine groups is 1. The zero-order chi connectivity index (χ0) is 13.7. The molecule has 0 aliphatic carbocycles. The summed E-state index contributed by atoms with van der Waals surface area (Å²) in [5.74, 6) is 1.37. The number of thioether (sulfide) groups is 1. The second-order valence-electron chi connectivity index (χ2n) is 3.71. The van der Waals surface area contributed by atoms with Crippen molar-refractivity contribution >= 4 is 58.2 Å². The van der Waals surface area contributed by atoms with Gasteiger partial charge in [0.1, 0.15) is 5.75 Å². The van der Waals surface area contributed by atoms with Gasteiger partial charge in [0.2, 0.25) is 0 Å². The minimum absolute atomic E-state index is 0. The molecule has 0 aliphatic rings. The smallest absolute Gasteiger partial charge is 0.158 e. The molecule has 0 fully saturated rings. The molecule has 106 valence electrons. The summed E-state index contributed by atoms with van der Waals surface area (Å²) in [6.45, 7) is 0. The molecule has 0 spiro atoms. The Balaban J connectivity index is 0.00000200. The number of halogens is 2. The number of para-hydroxylation sites is 1. The summed E-state index contributed by atoms with van der Waals surface area (Å²) in [5.41, 5.74) is 0.677. The molecule has 3 nitrogen and oxygen atoms in total. The van der Waals surface area contributed by atoms with Gasteiger partial charge in [0.05, 0.1) is 5.69 Å². The van der Waals surface area contributed by atoms with Crippen LogP contribution in [0.1, 0.15) is 0 Å². The third-order valence-corrected chi connectivity index (χ3v) is 3.11. The van der Waals surface area contributed by atoms with Crippen LogP contribution < -0.4 is 10.1 Å². The maximum Gasteiger partial charge on any atom is 0.158 e. The molecule has 6 heteroatoms. The molecule has 0 saturated carbocycles. The molecule has 0 aromatic heterocycles. The van der Waals surface area contributed by atoms with Gasteiger partial charge in [0.25, 0.3) is 0 Å².